The minimum atomic E-state index is -1.09. The van der Waals surface area contributed by atoms with Crippen molar-refractivity contribution in [3.8, 4) is 0 Å². The van der Waals surface area contributed by atoms with Crippen molar-refractivity contribution in [2.24, 2.45) is 0 Å². The van der Waals surface area contributed by atoms with Crippen LogP contribution >= 0.6 is 0 Å². The number of hydrogen-bond donors (Lipinski definition) is 1. The number of piperazine rings is 1. The van der Waals surface area contributed by atoms with Gasteiger partial charge in [-0.3, -0.25) is 19.7 Å². The van der Waals surface area contributed by atoms with Crippen LogP contribution < -0.4 is 5.32 Å². The van der Waals surface area contributed by atoms with Gasteiger partial charge in [-0.05, 0) is 12.5 Å². The van der Waals surface area contributed by atoms with Gasteiger partial charge in [-0.15, -0.1) is 0 Å². The van der Waals surface area contributed by atoms with Crippen molar-refractivity contribution >= 4 is 17.7 Å². The van der Waals surface area contributed by atoms with E-state index in [1.54, 1.807) is 6.92 Å². The fraction of sp³-hybridized carbons (Fsp3) is 0.357. The third-order valence-electron chi connectivity index (χ3n) is 3.34. The zero-order valence-electron chi connectivity index (χ0n) is 11.4. The number of nitrogens with zero attached hydrogens (tertiary/aromatic N) is 1. The van der Waals surface area contributed by atoms with Crippen molar-refractivity contribution in [2.75, 3.05) is 6.54 Å². The van der Waals surface area contributed by atoms with E-state index >= 15 is 0 Å². The third-order valence-corrected chi connectivity index (χ3v) is 3.34. The average molecular weight is 296 g/mol. The molecule has 1 unspecified atom stereocenters. The lowest BCUT2D eigenvalue weighted by atomic mass is 10.1. The summed E-state index contributed by atoms with van der Waals surface area (Å²) in [5.41, 5.74) is -0.103. The van der Waals surface area contributed by atoms with Crippen LogP contribution in [-0.4, -0.2) is 35.2 Å². The Labute approximate surface area is 119 Å². The first kappa shape index (κ1) is 15.1. The molecule has 5 nitrogen and oxygen atoms in total. The largest absolute Gasteiger partial charge is 0.321 e. The van der Waals surface area contributed by atoms with Crippen LogP contribution in [0.2, 0.25) is 0 Å². The van der Waals surface area contributed by atoms with Gasteiger partial charge in [0.15, 0.2) is 11.6 Å². The summed E-state index contributed by atoms with van der Waals surface area (Å²) < 4.78 is 26.7. The normalized spacial score (nSPS) is 18.6. The monoisotopic (exact) mass is 296 g/mol. The van der Waals surface area contributed by atoms with Crippen molar-refractivity contribution < 1.29 is 23.2 Å². The zero-order chi connectivity index (χ0) is 15.6. The van der Waals surface area contributed by atoms with E-state index in [1.165, 1.54) is 12.1 Å². The highest BCUT2D eigenvalue weighted by molar-refractivity contribution is 6.04. The summed E-state index contributed by atoms with van der Waals surface area (Å²) in [6.45, 7) is 1.43. The van der Waals surface area contributed by atoms with Crippen LogP contribution in [-0.2, 0) is 20.8 Å². The van der Waals surface area contributed by atoms with Crippen molar-refractivity contribution in [3.63, 3.8) is 0 Å². The molecule has 0 saturated carbocycles. The number of carbonyl (C=O) groups excluding carboxylic acids is 3. The van der Waals surface area contributed by atoms with Crippen LogP contribution in [0.1, 0.15) is 18.9 Å². The molecule has 0 bridgehead atoms. The molecule has 0 aromatic heterocycles. The minimum Gasteiger partial charge on any atom is -0.321 e. The lowest BCUT2D eigenvalue weighted by molar-refractivity contribution is -0.149. The van der Waals surface area contributed by atoms with Gasteiger partial charge in [0.05, 0.1) is 6.42 Å². The van der Waals surface area contributed by atoms with Crippen LogP contribution in [0.3, 0.4) is 0 Å². The topological polar surface area (TPSA) is 66.5 Å². The molecule has 2 rings (SSSR count). The maximum Gasteiger partial charge on any atom is 0.249 e. The number of halogens is 2. The van der Waals surface area contributed by atoms with Crippen LogP contribution in [0.5, 0.6) is 0 Å². The molecule has 1 aliphatic rings. The van der Waals surface area contributed by atoms with Gasteiger partial charge >= 0.3 is 0 Å². The van der Waals surface area contributed by atoms with Gasteiger partial charge in [-0.25, -0.2) is 8.78 Å². The highest BCUT2D eigenvalue weighted by Crippen LogP contribution is 2.16. The molecule has 112 valence electrons. The molecule has 1 saturated heterocycles. The summed E-state index contributed by atoms with van der Waals surface area (Å²) in [6, 6.07) is 2.78. The van der Waals surface area contributed by atoms with Gasteiger partial charge in [0.2, 0.25) is 17.7 Å². The maximum atomic E-state index is 13.6. The zero-order valence-corrected chi connectivity index (χ0v) is 11.4. The quantitative estimate of drug-likeness (QED) is 0.838. The van der Waals surface area contributed by atoms with E-state index in [2.05, 4.69) is 5.32 Å². The Hall–Kier alpha value is -2.31. The van der Waals surface area contributed by atoms with Crippen LogP contribution in [0.15, 0.2) is 18.2 Å². The summed E-state index contributed by atoms with van der Waals surface area (Å²) in [5.74, 6) is -3.86. The minimum absolute atomic E-state index is 0.103. The molecule has 0 radical (unpaired) electrons. The lowest BCUT2D eigenvalue weighted by Crippen LogP contribution is -2.59. The number of rotatable bonds is 3. The first-order valence-electron chi connectivity index (χ1n) is 6.50. The third kappa shape index (κ3) is 3.07. The Kier molecular flexibility index (Phi) is 4.30. The summed E-state index contributed by atoms with van der Waals surface area (Å²) in [7, 11) is 0. The molecule has 1 atom stereocenters. The number of imide groups is 1. The van der Waals surface area contributed by atoms with Crippen molar-refractivity contribution in [2.45, 2.75) is 25.8 Å². The maximum absolute atomic E-state index is 13.6. The molecule has 21 heavy (non-hydrogen) atoms. The highest BCUT2D eigenvalue weighted by atomic mass is 19.2. The second-order valence-electron chi connectivity index (χ2n) is 4.75. The fourth-order valence-corrected chi connectivity index (χ4v) is 2.28. The molecule has 7 heteroatoms. The molecule has 1 N–H and O–H groups in total. The molecule has 1 heterocycles. The van der Waals surface area contributed by atoms with Gasteiger partial charge in [-0.1, -0.05) is 19.1 Å². The van der Waals surface area contributed by atoms with E-state index in [0.29, 0.717) is 6.42 Å². The van der Waals surface area contributed by atoms with Crippen molar-refractivity contribution in [1.29, 1.82) is 0 Å². The Morgan fingerprint density at radius 2 is 2.10 bits per heavy atom. The van der Waals surface area contributed by atoms with Gasteiger partial charge in [-0.2, -0.15) is 0 Å². The predicted molar refractivity (Wildman–Crippen MR) is 69.0 cm³/mol. The number of hydrogen-bond acceptors (Lipinski definition) is 3. The van der Waals surface area contributed by atoms with Gasteiger partial charge in [0.25, 0.3) is 0 Å². The van der Waals surface area contributed by atoms with Crippen LogP contribution in [0, 0.1) is 11.6 Å². The predicted octanol–water partition coefficient (Wildman–Crippen LogP) is 0.771. The van der Waals surface area contributed by atoms with Gasteiger partial charge in [0, 0.05) is 5.56 Å². The molecular formula is C14H14F2N2O3. The van der Waals surface area contributed by atoms with Crippen LogP contribution in [0.25, 0.3) is 0 Å². The Morgan fingerprint density at radius 3 is 2.76 bits per heavy atom. The standard InChI is InChI=1S/C14H14F2N2O3/c1-2-10-14(21)17-11(19)7-18(10)12(20)6-8-4-3-5-9(15)13(8)16/h3-5,10H,2,6-7H2,1H3,(H,17,19,21). The van der Waals surface area contributed by atoms with E-state index in [-0.39, 0.29) is 12.1 Å². The second-order valence-corrected chi connectivity index (χ2v) is 4.75. The highest BCUT2D eigenvalue weighted by Gasteiger charge is 2.35. The number of carbonyl (C=O) groups is 3. The molecule has 1 aliphatic heterocycles. The van der Waals surface area contributed by atoms with E-state index in [9.17, 15) is 23.2 Å². The number of benzene rings is 1. The van der Waals surface area contributed by atoms with Crippen molar-refractivity contribution in [1.82, 2.24) is 10.2 Å². The summed E-state index contributed by atoms with van der Waals surface area (Å²) in [4.78, 5) is 36.3. The van der Waals surface area contributed by atoms with E-state index < -0.39 is 41.8 Å². The first-order chi connectivity index (χ1) is 9.93. The molecule has 1 aromatic carbocycles. The lowest BCUT2D eigenvalue weighted by Gasteiger charge is -2.33. The number of amides is 3. The fourth-order valence-electron chi connectivity index (χ4n) is 2.28. The molecule has 0 aliphatic carbocycles. The number of nitrogens with one attached hydrogen (secondary N) is 1. The van der Waals surface area contributed by atoms with E-state index in [4.69, 9.17) is 0 Å². The van der Waals surface area contributed by atoms with Gasteiger partial charge in [0.1, 0.15) is 12.6 Å². The van der Waals surface area contributed by atoms with E-state index in [0.717, 1.165) is 11.0 Å². The SMILES string of the molecule is CCC1C(=O)NC(=O)CN1C(=O)Cc1cccc(F)c1F. The Balaban J connectivity index is 2.20. The second kappa shape index (κ2) is 5.99. The Morgan fingerprint density at radius 1 is 1.38 bits per heavy atom. The Bertz CT molecular complexity index is 604. The summed E-state index contributed by atoms with van der Waals surface area (Å²) in [6.07, 6.45) is -0.0723. The smallest absolute Gasteiger partial charge is 0.249 e. The summed E-state index contributed by atoms with van der Waals surface area (Å²) >= 11 is 0. The molecular weight excluding hydrogens is 282 g/mol. The average Bonchev–Trinajstić information content (AvgIpc) is 2.43. The van der Waals surface area contributed by atoms with Gasteiger partial charge < -0.3 is 4.90 Å². The molecule has 1 fully saturated rings. The molecule has 0 spiro atoms. The van der Waals surface area contributed by atoms with E-state index in [1.807, 2.05) is 0 Å². The molecule has 1 aromatic rings. The van der Waals surface area contributed by atoms with Crippen molar-refractivity contribution in [3.05, 3.63) is 35.4 Å². The summed E-state index contributed by atoms with van der Waals surface area (Å²) in [5, 5.41) is 2.14. The first-order valence-corrected chi connectivity index (χ1v) is 6.50. The molecule has 3 amide bonds. The van der Waals surface area contributed by atoms with Crippen LogP contribution in [0.4, 0.5) is 8.78 Å².